The van der Waals surface area contributed by atoms with Crippen LogP contribution in [0.25, 0.3) is 0 Å². The Morgan fingerprint density at radius 1 is 1.26 bits per heavy atom. The summed E-state index contributed by atoms with van der Waals surface area (Å²) in [6, 6.07) is 5.14. The Labute approximate surface area is 114 Å². The molecule has 0 heterocycles. The van der Waals surface area contributed by atoms with Gasteiger partial charge < -0.3 is 10.1 Å². The van der Waals surface area contributed by atoms with E-state index in [4.69, 9.17) is 16.3 Å². The van der Waals surface area contributed by atoms with E-state index >= 15 is 0 Å². The SMILES string of the molecule is CCNCc1ccc(OCCOC(F)(F)F)c(Cl)c1. The summed E-state index contributed by atoms with van der Waals surface area (Å²) in [6.07, 6.45) is -4.64. The molecule has 0 saturated heterocycles. The number of rotatable bonds is 7. The lowest BCUT2D eigenvalue weighted by Gasteiger charge is -2.11. The predicted molar refractivity (Wildman–Crippen MR) is 66.3 cm³/mol. The summed E-state index contributed by atoms with van der Waals surface area (Å²) in [5.41, 5.74) is 0.978. The van der Waals surface area contributed by atoms with Gasteiger partial charge in [-0.05, 0) is 24.2 Å². The van der Waals surface area contributed by atoms with E-state index in [9.17, 15) is 13.2 Å². The molecule has 108 valence electrons. The van der Waals surface area contributed by atoms with Crippen LogP contribution in [0.3, 0.4) is 0 Å². The molecule has 1 N–H and O–H groups in total. The Hall–Kier alpha value is -0.980. The minimum atomic E-state index is -4.64. The molecule has 19 heavy (non-hydrogen) atoms. The molecule has 0 aromatic heterocycles. The zero-order chi connectivity index (χ0) is 14.3. The smallest absolute Gasteiger partial charge is 0.490 e. The minimum Gasteiger partial charge on any atom is -0.490 e. The van der Waals surface area contributed by atoms with Crippen molar-refractivity contribution >= 4 is 11.6 Å². The maximum Gasteiger partial charge on any atom is 0.522 e. The lowest BCUT2D eigenvalue weighted by molar-refractivity contribution is -0.325. The average Bonchev–Trinajstić information content (AvgIpc) is 2.32. The van der Waals surface area contributed by atoms with Crippen LogP contribution in [0.4, 0.5) is 13.2 Å². The molecule has 0 aliphatic rings. The van der Waals surface area contributed by atoms with Gasteiger partial charge in [0.2, 0.25) is 0 Å². The second kappa shape index (κ2) is 7.57. The first-order valence-corrected chi connectivity index (χ1v) is 6.13. The number of hydrogen-bond donors (Lipinski definition) is 1. The van der Waals surface area contributed by atoms with Gasteiger partial charge in [-0.1, -0.05) is 24.6 Å². The molecule has 0 radical (unpaired) electrons. The molecular weight excluding hydrogens is 283 g/mol. The van der Waals surface area contributed by atoms with E-state index in [1.165, 1.54) is 0 Å². The fraction of sp³-hybridized carbons (Fsp3) is 0.500. The van der Waals surface area contributed by atoms with Crippen LogP contribution in [-0.2, 0) is 11.3 Å². The molecule has 1 aromatic rings. The van der Waals surface area contributed by atoms with Crippen LogP contribution in [-0.4, -0.2) is 26.1 Å². The molecule has 0 bridgehead atoms. The van der Waals surface area contributed by atoms with Gasteiger partial charge in [0.1, 0.15) is 12.4 Å². The lowest BCUT2D eigenvalue weighted by atomic mass is 10.2. The number of alkyl halides is 3. The summed E-state index contributed by atoms with van der Waals surface area (Å²) in [4.78, 5) is 0. The van der Waals surface area contributed by atoms with Gasteiger partial charge in [-0.2, -0.15) is 0 Å². The van der Waals surface area contributed by atoms with Crippen molar-refractivity contribution in [2.24, 2.45) is 0 Å². The zero-order valence-electron chi connectivity index (χ0n) is 10.4. The maximum atomic E-state index is 11.7. The summed E-state index contributed by atoms with van der Waals surface area (Å²) in [7, 11) is 0. The molecule has 1 aromatic carbocycles. The molecule has 0 amide bonds. The molecule has 7 heteroatoms. The highest BCUT2D eigenvalue weighted by atomic mass is 35.5. The van der Waals surface area contributed by atoms with Gasteiger partial charge in [0.25, 0.3) is 0 Å². The highest BCUT2D eigenvalue weighted by molar-refractivity contribution is 6.32. The molecule has 0 aliphatic carbocycles. The third-order valence-corrected chi connectivity index (χ3v) is 2.48. The third kappa shape index (κ3) is 6.66. The summed E-state index contributed by atoms with van der Waals surface area (Å²) in [5, 5.41) is 3.50. The maximum absolute atomic E-state index is 11.7. The van der Waals surface area contributed by atoms with E-state index in [2.05, 4.69) is 10.1 Å². The Bertz CT molecular complexity index is 399. The van der Waals surface area contributed by atoms with Gasteiger partial charge >= 0.3 is 6.36 Å². The van der Waals surface area contributed by atoms with Crippen LogP contribution < -0.4 is 10.1 Å². The van der Waals surface area contributed by atoms with E-state index in [0.717, 1.165) is 12.1 Å². The summed E-state index contributed by atoms with van der Waals surface area (Å²) < 4.78 is 43.9. The van der Waals surface area contributed by atoms with E-state index in [1.807, 2.05) is 6.92 Å². The Balaban J connectivity index is 2.42. The van der Waals surface area contributed by atoms with Crippen LogP contribution in [0.15, 0.2) is 18.2 Å². The van der Waals surface area contributed by atoms with Gasteiger partial charge in [0.05, 0.1) is 11.6 Å². The number of halogens is 4. The number of benzene rings is 1. The molecule has 0 fully saturated rings. The van der Waals surface area contributed by atoms with E-state index in [-0.39, 0.29) is 6.61 Å². The summed E-state index contributed by atoms with van der Waals surface area (Å²) in [5.74, 6) is 0.340. The molecule has 0 unspecified atom stereocenters. The van der Waals surface area contributed by atoms with Crippen molar-refractivity contribution in [2.45, 2.75) is 19.8 Å². The third-order valence-electron chi connectivity index (χ3n) is 2.18. The van der Waals surface area contributed by atoms with Crippen LogP contribution in [0.2, 0.25) is 5.02 Å². The van der Waals surface area contributed by atoms with Crippen LogP contribution >= 0.6 is 11.6 Å². The van der Waals surface area contributed by atoms with Gasteiger partial charge in [-0.25, -0.2) is 0 Å². The van der Waals surface area contributed by atoms with Crippen molar-refractivity contribution in [1.82, 2.24) is 5.32 Å². The van der Waals surface area contributed by atoms with Crippen molar-refractivity contribution in [3.63, 3.8) is 0 Å². The molecule has 1 rings (SSSR count). The standard InChI is InChI=1S/C12H15ClF3NO2/c1-2-17-8-9-3-4-11(10(13)7-9)18-5-6-19-12(14,15)16/h3-4,7,17H,2,5-6,8H2,1H3. The van der Waals surface area contributed by atoms with E-state index < -0.39 is 13.0 Å². The van der Waals surface area contributed by atoms with Gasteiger partial charge in [0, 0.05) is 6.54 Å². The van der Waals surface area contributed by atoms with Crippen LogP contribution in [0.1, 0.15) is 12.5 Å². The predicted octanol–water partition coefficient (Wildman–Crippen LogP) is 3.36. The molecule has 0 atom stereocenters. The second-order valence-electron chi connectivity index (χ2n) is 3.69. The fourth-order valence-corrected chi connectivity index (χ4v) is 1.61. The topological polar surface area (TPSA) is 30.5 Å². The van der Waals surface area contributed by atoms with Gasteiger partial charge in [-0.3, -0.25) is 4.74 Å². The van der Waals surface area contributed by atoms with Crippen molar-refractivity contribution < 1.29 is 22.6 Å². The van der Waals surface area contributed by atoms with Crippen molar-refractivity contribution in [3.8, 4) is 5.75 Å². The van der Waals surface area contributed by atoms with Crippen molar-refractivity contribution in [1.29, 1.82) is 0 Å². The fourth-order valence-electron chi connectivity index (χ4n) is 1.35. The largest absolute Gasteiger partial charge is 0.522 e. The van der Waals surface area contributed by atoms with Crippen molar-refractivity contribution in [2.75, 3.05) is 19.8 Å². The minimum absolute atomic E-state index is 0.216. The van der Waals surface area contributed by atoms with E-state index in [0.29, 0.717) is 17.3 Å². The Morgan fingerprint density at radius 3 is 2.58 bits per heavy atom. The Kier molecular flexibility index (Phi) is 6.41. The normalized spacial score (nSPS) is 11.6. The molecular formula is C12H15ClF3NO2. The number of ether oxygens (including phenoxy) is 2. The number of nitrogens with one attached hydrogen (secondary N) is 1. The van der Waals surface area contributed by atoms with E-state index in [1.54, 1.807) is 18.2 Å². The highest BCUT2D eigenvalue weighted by Gasteiger charge is 2.28. The first kappa shape index (κ1) is 16.1. The first-order chi connectivity index (χ1) is 8.92. The molecule has 0 spiro atoms. The monoisotopic (exact) mass is 297 g/mol. The average molecular weight is 298 g/mol. The molecule has 0 aliphatic heterocycles. The van der Waals surface area contributed by atoms with Crippen molar-refractivity contribution in [3.05, 3.63) is 28.8 Å². The quantitative estimate of drug-likeness (QED) is 0.783. The van der Waals surface area contributed by atoms with Crippen LogP contribution in [0.5, 0.6) is 5.75 Å². The highest BCUT2D eigenvalue weighted by Crippen LogP contribution is 2.25. The number of hydrogen-bond acceptors (Lipinski definition) is 3. The summed E-state index contributed by atoms with van der Waals surface area (Å²) >= 11 is 5.96. The van der Waals surface area contributed by atoms with Crippen LogP contribution in [0, 0.1) is 0 Å². The zero-order valence-corrected chi connectivity index (χ0v) is 11.1. The van der Waals surface area contributed by atoms with Gasteiger partial charge in [0.15, 0.2) is 0 Å². The van der Waals surface area contributed by atoms with Gasteiger partial charge in [-0.15, -0.1) is 13.2 Å². The summed E-state index contributed by atoms with van der Waals surface area (Å²) in [6.45, 7) is 2.71. The molecule has 3 nitrogen and oxygen atoms in total. The second-order valence-corrected chi connectivity index (χ2v) is 4.09. The Morgan fingerprint density at radius 2 is 2.00 bits per heavy atom. The lowest BCUT2D eigenvalue weighted by Crippen LogP contribution is -2.18. The molecule has 0 saturated carbocycles. The first-order valence-electron chi connectivity index (χ1n) is 5.75.